The van der Waals surface area contributed by atoms with Gasteiger partial charge in [-0.1, -0.05) is 49.0 Å². The van der Waals surface area contributed by atoms with Gasteiger partial charge in [-0.2, -0.15) is 0 Å². The molecule has 0 unspecified atom stereocenters. The standard InChI is InChI=1S/C19H19N3O2S/c1-2-13-8-10-15(11-9-13)20-17(23)12-16-18(24)22-19(25-16)21-14-6-4-3-5-7-14/h3-11,16H,2,12H2,1H3,(H,20,23)(H,21,22,24)/t16-/m0/s1. The summed E-state index contributed by atoms with van der Waals surface area (Å²) in [5.74, 6) is -0.367. The second-order valence-electron chi connectivity index (χ2n) is 5.65. The number of amidine groups is 1. The van der Waals surface area contributed by atoms with Gasteiger partial charge in [0.25, 0.3) is 0 Å². The average molecular weight is 353 g/mol. The number of aliphatic imine (C=N–C) groups is 1. The van der Waals surface area contributed by atoms with Gasteiger partial charge < -0.3 is 10.6 Å². The van der Waals surface area contributed by atoms with Crippen LogP contribution in [0, 0.1) is 0 Å². The highest BCUT2D eigenvalue weighted by atomic mass is 32.2. The number of benzene rings is 2. The van der Waals surface area contributed by atoms with Crippen molar-refractivity contribution in [1.29, 1.82) is 0 Å². The number of para-hydroxylation sites is 1. The van der Waals surface area contributed by atoms with Crippen molar-refractivity contribution in [3.8, 4) is 0 Å². The number of carbonyl (C=O) groups excluding carboxylic acids is 2. The van der Waals surface area contributed by atoms with Crippen molar-refractivity contribution in [3.63, 3.8) is 0 Å². The molecule has 3 rings (SSSR count). The molecule has 25 heavy (non-hydrogen) atoms. The molecule has 1 saturated heterocycles. The highest BCUT2D eigenvalue weighted by Crippen LogP contribution is 2.25. The maximum Gasteiger partial charge on any atom is 0.240 e. The Labute approximate surface area is 150 Å². The quantitative estimate of drug-likeness (QED) is 0.864. The van der Waals surface area contributed by atoms with Gasteiger partial charge in [0.2, 0.25) is 11.8 Å². The number of amides is 2. The predicted molar refractivity (Wildman–Crippen MR) is 102 cm³/mol. The van der Waals surface area contributed by atoms with Crippen molar-refractivity contribution >= 4 is 40.1 Å². The summed E-state index contributed by atoms with van der Waals surface area (Å²) < 4.78 is 0. The second kappa shape index (κ2) is 7.98. The Morgan fingerprint density at radius 2 is 1.88 bits per heavy atom. The first kappa shape index (κ1) is 17.2. The summed E-state index contributed by atoms with van der Waals surface area (Å²) in [6.07, 6.45) is 1.07. The number of aryl methyl sites for hydroxylation is 1. The van der Waals surface area contributed by atoms with Crippen molar-refractivity contribution in [2.75, 3.05) is 5.32 Å². The van der Waals surface area contributed by atoms with Gasteiger partial charge in [-0.15, -0.1) is 0 Å². The number of carbonyl (C=O) groups is 2. The monoisotopic (exact) mass is 353 g/mol. The Hall–Kier alpha value is -2.60. The maximum absolute atomic E-state index is 12.2. The van der Waals surface area contributed by atoms with Crippen molar-refractivity contribution in [2.24, 2.45) is 4.99 Å². The van der Waals surface area contributed by atoms with E-state index in [1.165, 1.54) is 17.3 Å². The van der Waals surface area contributed by atoms with Crippen LogP contribution in [0.2, 0.25) is 0 Å². The third-order valence-electron chi connectivity index (χ3n) is 3.78. The Balaban J connectivity index is 1.58. The normalized spacial score (nSPS) is 18.2. The second-order valence-corrected chi connectivity index (χ2v) is 6.84. The summed E-state index contributed by atoms with van der Waals surface area (Å²) in [6, 6.07) is 17.1. The smallest absolute Gasteiger partial charge is 0.240 e. The van der Waals surface area contributed by atoms with Gasteiger partial charge in [-0.05, 0) is 36.2 Å². The van der Waals surface area contributed by atoms with Crippen LogP contribution in [0.1, 0.15) is 18.9 Å². The van der Waals surface area contributed by atoms with E-state index in [0.717, 1.165) is 17.8 Å². The van der Waals surface area contributed by atoms with Gasteiger partial charge in [0.1, 0.15) is 5.25 Å². The summed E-state index contributed by atoms with van der Waals surface area (Å²) >= 11 is 1.29. The molecular formula is C19H19N3O2S. The molecular weight excluding hydrogens is 334 g/mol. The van der Waals surface area contributed by atoms with Crippen LogP contribution in [0.15, 0.2) is 59.6 Å². The number of hydrogen-bond acceptors (Lipinski definition) is 4. The van der Waals surface area contributed by atoms with Crippen LogP contribution in [0.5, 0.6) is 0 Å². The van der Waals surface area contributed by atoms with Gasteiger partial charge in [0, 0.05) is 12.1 Å². The Morgan fingerprint density at radius 3 is 2.56 bits per heavy atom. The van der Waals surface area contributed by atoms with Gasteiger partial charge in [0.15, 0.2) is 5.17 Å². The molecule has 1 fully saturated rings. The zero-order valence-corrected chi connectivity index (χ0v) is 14.7. The number of hydrogen-bond donors (Lipinski definition) is 2. The fourth-order valence-electron chi connectivity index (χ4n) is 2.42. The predicted octanol–water partition coefficient (Wildman–Crippen LogP) is 3.50. The lowest BCUT2D eigenvalue weighted by atomic mass is 10.1. The van der Waals surface area contributed by atoms with E-state index in [-0.39, 0.29) is 18.2 Å². The summed E-state index contributed by atoms with van der Waals surface area (Å²) in [4.78, 5) is 28.6. The molecule has 1 heterocycles. The Bertz CT molecular complexity index is 788. The van der Waals surface area contributed by atoms with Crippen molar-refractivity contribution < 1.29 is 9.59 Å². The zero-order chi connectivity index (χ0) is 17.6. The molecule has 1 aliphatic rings. The molecule has 1 atom stereocenters. The number of thioether (sulfide) groups is 1. The topological polar surface area (TPSA) is 70.6 Å². The number of anilines is 1. The number of nitrogens with zero attached hydrogens (tertiary/aromatic N) is 1. The summed E-state index contributed by atoms with van der Waals surface area (Å²) in [6.45, 7) is 2.08. The van der Waals surface area contributed by atoms with Gasteiger partial charge in [-0.3, -0.25) is 9.59 Å². The first-order valence-electron chi connectivity index (χ1n) is 8.14. The molecule has 5 nitrogen and oxygen atoms in total. The molecule has 0 saturated carbocycles. The van der Waals surface area contributed by atoms with E-state index in [1.54, 1.807) is 0 Å². The van der Waals surface area contributed by atoms with Crippen LogP contribution in [0.25, 0.3) is 0 Å². The van der Waals surface area contributed by atoms with Crippen LogP contribution in [-0.2, 0) is 16.0 Å². The lowest BCUT2D eigenvalue weighted by Gasteiger charge is -2.08. The van der Waals surface area contributed by atoms with Crippen LogP contribution < -0.4 is 10.6 Å². The van der Waals surface area contributed by atoms with Crippen molar-refractivity contribution in [3.05, 3.63) is 60.2 Å². The van der Waals surface area contributed by atoms with E-state index in [9.17, 15) is 9.59 Å². The van der Waals surface area contributed by atoms with Crippen LogP contribution in [-0.4, -0.2) is 22.2 Å². The molecule has 0 bridgehead atoms. The van der Waals surface area contributed by atoms with Crippen LogP contribution in [0.4, 0.5) is 11.4 Å². The molecule has 1 aliphatic heterocycles. The van der Waals surface area contributed by atoms with Crippen molar-refractivity contribution in [2.45, 2.75) is 25.0 Å². The SMILES string of the molecule is CCc1ccc(NC(=O)C[C@@H]2SC(=Nc3ccccc3)NC2=O)cc1. The van der Waals surface area contributed by atoms with Crippen molar-refractivity contribution in [1.82, 2.24) is 5.32 Å². The lowest BCUT2D eigenvalue weighted by Crippen LogP contribution is -2.28. The lowest BCUT2D eigenvalue weighted by molar-refractivity contribution is -0.122. The third kappa shape index (κ3) is 4.70. The average Bonchev–Trinajstić information content (AvgIpc) is 2.95. The molecule has 6 heteroatoms. The Morgan fingerprint density at radius 1 is 1.16 bits per heavy atom. The van der Waals surface area contributed by atoms with E-state index in [4.69, 9.17) is 0 Å². The first-order valence-corrected chi connectivity index (χ1v) is 9.02. The van der Waals surface area contributed by atoms with Gasteiger partial charge in [0.05, 0.1) is 5.69 Å². The zero-order valence-electron chi connectivity index (χ0n) is 13.9. The largest absolute Gasteiger partial charge is 0.326 e. The van der Waals surface area contributed by atoms with Gasteiger partial charge >= 0.3 is 0 Å². The molecule has 2 amide bonds. The summed E-state index contributed by atoms with van der Waals surface area (Å²) in [5, 5.41) is 5.63. The summed E-state index contributed by atoms with van der Waals surface area (Å²) in [5.41, 5.74) is 2.72. The van der Waals surface area contributed by atoms with E-state index in [2.05, 4.69) is 22.5 Å². The molecule has 0 aromatic heterocycles. The minimum atomic E-state index is -0.461. The minimum Gasteiger partial charge on any atom is -0.326 e. The van der Waals surface area contributed by atoms with Crippen LogP contribution >= 0.6 is 11.8 Å². The highest BCUT2D eigenvalue weighted by molar-refractivity contribution is 8.15. The molecule has 2 aromatic rings. The number of rotatable bonds is 5. The third-order valence-corrected chi connectivity index (χ3v) is 4.86. The number of nitrogens with one attached hydrogen (secondary N) is 2. The molecule has 0 radical (unpaired) electrons. The maximum atomic E-state index is 12.2. The highest BCUT2D eigenvalue weighted by Gasteiger charge is 2.32. The fraction of sp³-hybridized carbons (Fsp3) is 0.211. The van der Waals surface area contributed by atoms with E-state index in [0.29, 0.717) is 5.17 Å². The van der Waals surface area contributed by atoms with E-state index >= 15 is 0 Å². The first-order chi connectivity index (χ1) is 12.1. The molecule has 2 aromatic carbocycles. The van der Waals surface area contributed by atoms with Gasteiger partial charge in [-0.25, -0.2) is 4.99 Å². The van der Waals surface area contributed by atoms with E-state index in [1.807, 2.05) is 54.6 Å². The fourth-order valence-corrected chi connectivity index (χ4v) is 3.40. The summed E-state index contributed by atoms with van der Waals surface area (Å²) in [7, 11) is 0. The Kier molecular flexibility index (Phi) is 5.50. The molecule has 2 N–H and O–H groups in total. The molecule has 128 valence electrons. The van der Waals surface area contributed by atoms with Crippen LogP contribution in [0.3, 0.4) is 0 Å². The molecule has 0 aliphatic carbocycles. The minimum absolute atomic E-state index is 0.111. The molecule has 0 spiro atoms. The van der Waals surface area contributed by atoms with E-state index < -0.39 is 5.25 Å².